The Kier molecular flexibility index (Phi) is 10.8. The van der Waals surface area contributed by atoms with Crippen LogP contribution in [0.25, 0.3) is 10.2 Å². The molecule has 3 heterocycles. The average molecular weight is 675 g/mol. The second-order valence-corrected chi connectivity index (χ2v) is 20.8. The maximum absolute atomic E-state index is 13.9. The second-order valence-electron chi connectivity index (χ2n) is 14.2. The van der Waals surface area contributed by atoms with Crippen LogP contribution < -0.4 is 9.70 Å². The van der Waals surface area contributed by atoms with Gasteiger partial charge in [-0.15, -0.1) is 0 Å². The molecule has 11 heteroatoms. The zero-order valence-corrected chi connectivity index (χ0v) is 30.2. The minimum absolute atomic E-state index is 0.0212. The number of aromatic nitrogens is 2. The van der Waals surface area contributed by atoms with Gasteiger partial charge in [0.1, 0.15) is 18.1 Å². The lowest BCUT2D eigenvalue weighted by Gasteiger charge is -2.31. The van der Waals surface area contributed by atoms with Gasteiger partial charge in [-0.2, -0.15) is 4.99 Å². The molecule has 0 spiro atoms. The molecule has 4 aromatic rings. The predicted molar refractivity (Wildman–Crippen MR) is 190 cm³/mol. The molecule has 0 aliphatic carbocycles. The van der Waals surface area contributed by atoms with E-state index in [1.165, 1.54) is 11.3 Å². The van der Waals surface area contributed by atoms with Crippen molar-refractivity contribution in [1.29, 1.82) is 0 Å². The number of rotatable bonds is 11. The van der Waals surface area contributed by atoms with E-state index < -0.39 is 19.6 Å². The van der Waals surface area contributed by atoms with Crippen molar-refractivity contribution in [1.82, 2.24) is 9.55 Å². The fraction of sp³-hybridized carbons (Fsp3) is 0.444. The summed E-state index contributed by atoms with van der Waals surface area (Å²) in [5.74, 6) is -0.144. The number of carbonyl (C=O) groups is 2. The Morgan fingerprint density at radius 1 is 1.06 bits per heavy atom. The molecule has 0 unspecified atom stereocenters. The lowest BCUT2D eigenvalue weighted by atomic mass is 9.94. The van der Waals surface area contributed by atoms with Gasteiger partial charge in [-0.3, -0.25) is 9.36 Å². The predicted octanol–water partition coefficient (Wildman–Crippen LogP) is 6.59. The summed E-state index contributed by atoms with van der Waals surface area (Å²) in [6.07, 6.45) is 1.76. The topological polar surface area (TPSA) is 106 Å². The molecule has 1 aliphatic heterocycles. The van der Waals surface area contributed by atoms with Gasteiger partial charge in [0.15, 0.2) is 10.5 Å². The number of amides is 1. The third-order valence-electron chi connectivity index (χ3n) is 7.99. The third-order valence-corrected chi connectivity index (χ3v) is 10.8. The molecule has 0 fully saturated rings. The molecule has 1 amide bonds. The van der Waals surface area contributed by atoms with Gasteiger partial charge in [0.25, 0.3) is 5.91 Å². The molecule has 2 aromatic carbocycles. The highest BCUT2D eigenvalue weighted by Crippen LogP contribution is 2.28. The number of para-hydroxylation sites is 1. The number of esters is 1. The molecule has 0 atom stereocenters. The van der Waals surface area contributed by atoms with E-state index in [9.17, 15) is 14.7 Å². The van der Waals surface area contributed by atoms with Crippen LogP contribution in [0, 0.1) is 0 Å². The number of aliphatic hydroxyl groups is 1. The summed E-state index contributed by atoms with van der Waals surface area (Å²) < 4.78 is 14.8. The molecule has 0 saturated heterocycles. The number of aryl methyl sites for hydroxylation is 1. The van der Waals surface area contributed by atoms with Gasteiger partial charge >= 0.3 is 5.97 Å². The first-order valence-corrected chi connectivity index (χ1v) is 20.8. The zero-order valence-electron chi connectivity index (χ0n) is 28.3. The van der Waals surface area contributed by atoms with Gasteiger partial charge in [-0.1, -0.05) is 61.3 Å². The van der Waals surface area contributed by atoms with Crippen LogP contribution in [-0.4, -0.2) is 60.0 Å². The van der Waals surface area contributed by atoms with Crippen LogP contribution in [0.5, 0.6) is 0 Å². The van der Waals surface area contributed by atoms with Crippen LogP contribution in [0.2, 0.25) is 25.7 Å². The van der Waals surface area contributed by atoms with Gasteiger partial charge < -0.3 is 19.5 Å². The van der Waals surface area contributed by atoms with E-state index in [-0.39, 0.29) is 18.2 Å². The number of ether oxygens (including phenoxy) is 2. The highest BCUT2D eigenvalue weighted by Gasteiger charge is 2.26. The van der Waals surface area contributed by atoms with Crippen molar-refractivity contribution >= 4 is 47.3 Å². The van der Waals surface area contributed by atoms with E-state index in [1.54, 1.807) is 0 Å². The zero-order chi connectivity index (χ0) is 33.8. The monoisotopic (exact) mass is 674 g/mol. The number of nitrogens with zero attached hydrogens (tertiary/aromatic N) is 4. The lowest BCUT2D eigenvalue weighted by Crippen LogP contribution is -2.33. The van der Waals surface area contributed by atoms with E-state index >= 15 is 0 Å². The number of thiazole rings is 1. The Morgan fingerprint density at radius 2 is 1.85 bits per heavy atom. The maximum Gasteiger partial charge on any atom is 0.357 e. The second kappa shape index (κ2) is 14.6. The van der Waals surface area contributed by atoms with E-state index in [1.807, 2.05) is 73.9 Å². The Hall–Kier alpha value is -3.64. The first-order chi connectivity index (χ1) is 22.3. The van der Waals surface area contributed by atoms with Crippen molar-refractivity contribution in [2.45, 2.75) is 84.6 Å². The number of anilines is 1. The largest absolute Gasteiger partial charge is 0.455 e. The number of pyridine rings is 1. The molecule has 1 aliphatic rings. The number of hydrogen-bond donors (Lipinski definition) is 1. The summed E-state index contributed by atoms with van der Waals surface area (Å²) in [6, 6.07) is 18.7. The summed E-state index contributed by atoms with van der Waals surface area (Å²) in [7, 11) is -1.24. The Morgan fingerprint density at radius 3 is 2.60 bits per heavy atom. The van der Waals surface area contributed by atoms with Crippen molar-refractivity contribution < 1.29 is 24.2 Å². The quantitative estimate of drug-likeness (QED) is 0.109. The van der Waals surface area contributed by atoms with Crippen LogP contribution >= 0.6 is 11.3 Å². The maximum atomic E-state index is 13.9. The van der Waals surface area contributed by atoms with Gasteiger partial charge in [0.05, 0.1) is 10.2 Å². The fourth-order valence-electron chi connectivity index (χ4n) is 5.52. The summed E-state index contributed by atoms with van der Waals surface area (Å²) in [4.78, 5) is 39.2. The molecule has 2 aromatic heterocycles. The van der Waals surface area contributed by atoms with Crippen LogP contribution in [0.3, 0.4) is 0 Å². The third kappa shape index (κ3) is 8.84. The molecular formula is C36H46N4O5SSi. The van der Waals surface area contributed by atoms with Gasteiger partial charge in [-0.05, 0) is 87.0 Å². The minimum atomic E-state index is -1.24. The van der Waals surface area contributed by atoms with Crippen LogP contribution in [-0.2, 0) is 35.6 Å². The summed E-state index contributed by atoms with van der Waals surface area (Å²) in [5, 5.41) is 9.40. The smallest absolute Gasteiger partial charge is 0.357 e. The summed E-state index contributed by atoms with van der Waals surface area (Å²) in [6.45, 7) is 14.6. The van der Waals surface area contributed by atoms with Gasteiger partial charge in [0.2, 0.25) is 0 Å². The minimum Gasteiger partial charge on any atom is -0.455 e. The molecule has 0 bridgehead atoms. The number of hydrogen-bond acceptors (Lipinski definition) is 8. The highest BCUT2D eigenvalue weighted by atomic mass is 32.1. The van der Waals surface area contributed by atoms with Crippen molar-refractivity contribution in [2.24, 2.45) is 4.99 Å². The van der Waals surface area contributed by atoms with Crippen LogP contribution in [0.15, 0.2) is 59.6 Å². The number of benzene rings is 2. The molecule has 0 radical (unpaired) electrons. The lowest BCUT2D eigenvalue weighted by molar-refractivity contribution is 0.00613. The van der Waals surface area contributed by atoms with E-state index in [2.05, 4.69) is 35.6 Å². The SMILES string of the molecule is CC(C)(C)OC(=O)c1nc(N2CCc3cccc(C(=O)N=c4sc5ccccc5n4COCC[Si](C)(C)C)c3C2)ccc1CCCO. The number of fused-ring (bicyclic) bond motifs is 2. The molecular weight excluding hydrogens is 629 g/mol. The normalized spacial score (nSPS) is 14.0. The van der Waals surface area contributed by atoms with E-state index in [0.29, 0.717) is 55.5 Å². The highest BCUT2D eigenvalue weighted by molar-refractivity contribution is 7.16. The first kappa shape index (κ1) is 34.7. The van der Waals surface area contributed by atoms with Crippen molar-refractivity contribution in [3.63, 3.8) is 0 Å². The van der Waals surface area contributed by atoms with E-state index in [0.717, 1.165) is 39.4 Å². The van der Waals surface area contributed by atoms with Crippen molar-refractivity contribution in [3.8, 4) is 0 Å². The van der Waals surface area contributed by atoms with Gasteiger partial charge in [-0.25, -0.2) is 9.78 Å². The molecule has 0 saturated carbocycles. The molecule has 47 heavy (non-hydrogen) atoms. The molecule has 5 rings (SSSR count). The number of carbonyl (C=O) groups excluding carboxylic acids is 2. The summed E-state index contributed by atoms with van der Waals surface area (Å²) >= 11 is 1.48. The van der Waals surface area contributed by atoms with Crippen molar-refractivity contribution in [2.75, 3.05) is 24.7 Å². The Balaban J connectivity index is 1.44. The van der Waals surface area contributed by atoms with Crippen molar-refractivity contribution in [3.05, 3.63) is 87.3 Å². The summed E-state index contributed by atoms with van der Waals surface area (Å²) in [5.41, 5.74) is 3.90. The number of aliphatic hydroxyl groups excluding tert-OH is 1. The van der Waals surface area contributed by atoms with Gasteiger partial charge in [0, 0.05) is 39.9 Å². The van der Waals surface area contributed by atoms with E-state index in [4.69, 9.17) is 14.5 Å². The van der Waals surface area contributed by atoms with Crippen LogP contribution in [0.4, 0.5) is 5.82 Å². The fourth-order valence-corrected chi connectivity index (χ4v) is 7.29. The van der Waals surface area contributed by atoms with Crippen LogP contribution in [0.1, 0.15) is 64.7 Å². The molecule has 250 valence electrons. The first-order valence-electron chi connectivity index (χ1n) is 16.3. The Bertz CT molecular complexity index is 1820. The average Bonchev–Trinajstić information content (AvgIpc) is 3.36. The molecule has 9 nitrogen and oxygen atoms in total. The molecule has 1 N–H and O–H groups in total. The standard InChI is InChI=1S/C36H46N4O5SSi/c1-36(2,3)45-34(43)32-26(12-10-20-41)16-17-31(37-32)39-19-18-25-11-9-13-27(28(25)23-39)33(42)38-35-40(24-44-21-22-47(4,5)6)29-14-7-8-15-30(29)46-35/h7-9,11,13-17,41H,10,12,18-24H2,1-6H3. The Labute approximate surface area is 281 Å².